The zero-order valence-corrected chi connectivity index (χ0v) is 24.3. The van der Waals surface area contributed by atoms with E-state index in [1.807, 2.05) is 24.3 Å². The quantitative estimate of drug-likeness (QED) is 0.191. The van der Waals surface area contributed by atoms with Gasteiger partial charge in [-0.25, -0.2) is 0 Å². The molecule has 43 heavy (non-hydrogen) atoms. The van der Waals surface area contributed by atoms with Crippen LogP contribution in [0.4, 0.5) is 17.1 Å². The highest BCUT2D eigenvalue weighted by Crippen LogP contribution is 2.36. The number of rotatable bonds is 7. The van der Waals surface area contributed by atoms with E-state index in [0.29, 0.717) is 0 Å². The second-order valence-electron chi connectivity index (χ2n) is 10.8. The van der Waals surface area contributed by atoms with Gasteiger partial charge in [-0.3, -0.25) is 0 Å². The predicted molar refractivity (Wildman–Crippen MR) is 179 cm³/mol. The lowest BCUT2D eigenvalue weighted by atomic mass is 9.95. The molecule has 6 rings (SSSR count). The fourth-order valence-corrected chi connectivity index (χ4v) is 5.19. The third-order valence-corrected chi connectivity index (χ3v) is 7.62. The van der Waals surface area contributed by atoms with Crippen molar-refractivity contribution in [3.8, 4) is 22.6 Å². The van der Waals surface area contributed by atoms with Gasteiger partial charge in [0.1, 0.15) is 11.5 Å². The van der Waals surface area contributed by atoms with Crippen LogP contribution in [0.25, 0.3) is 22.8 Å². The number of hydrogen-bond acceptors (Lipinski definition) is 3. The molecule has 0 aromatic heterocycles. The van der Waals surface area contributed by atoms with Crippen molar-refractivity contribution in [3.05, 3.63) is 173 Å². The second-order valence-corrected chi connectivity index (χ2v) is 10.8. The fourth-order valence-electron chi connectivity index (χ4n) is 5.19. The van der Waals surface area contributed by atoms with Gasteiger partial charge in [0.25, 0.3) is 0 Å². The third-order valence-electron chi connectivity index (χ3n) is 7.62. The lowest BCUT2D eigenvalue weighted by Crippen LogP contribution is -2.09. The minimum atomic E-state index is 0.227. The van der Waals surface area contributed by atoms with Crippen LogP contribution in [-0.4, -0.2) is 10.2 Å². The van der Waals surface area contributed by atoms with Crippen molar-refractivity contribution >= 4 is 28.7 Å². The lowest BCUT2D eigenvalue weighted by Gasteiger charge is -2.26. The SMILES string of the molecule is Cc1ccc(N(c2ccc(C)cc2)c2ccc(-c3ccc(C=C(c4ccc(O)cc4)c4ccc(O)cc4)cc3)cc2)cc1. The number of phenolic OH excluding ortho intramolecular Hbond substituents is 2. The number of benzene rings is 6. The molecule has 0 saturated carbocycles. The summed E-state index contributed by atoms with van der Waals surface area (Å²) in [6.45, 7) is 4.22. The average Bonchev–Trinajstić information content (AvgIpc) is 3.04. The molecule has 0 atom stereocenters. The summed E-state index contributed by atoms with van der Waals surface area (Å²) in [5.74, 6) is 0.454. The Morgan fingerprint density at radius 3 is 1.19 bits per heavy atom. The van der Waals surface area contributed by atoms with Gasteiger partial charge in [0.2, 0.25) is 0 Å². The van der Waals surface area contributed by atoms with Crippen molar-refractivity contribution in [2.75, 3.05) is 4.90 Å². The largest absolute Gasteiger partial charge is 0.508 e. The number of aryl methyl sites for hydroxylation is 2. The Balaban J connectivity index is 1.30. The maximum atomic E-state index is 9.80. The van der Waals surface area contributed by atoms with Crippen LogP contribution in [0.15, 0.2) is 146 Å². The molecular formula is C40H33NO2. The smallest absolute Gasteiger partial charge is 0.115 e. The molecule has 0 spiro atoms. The van der Waals surface area contributed by atoms with Crippen molar-refractivity contribution in [2.45, 2.75) is 13.8 Å². The van der Waals surface area contributed by atoms with E-state index in [-0.39, 0.29) is 11.5 Å². The summed E-state index contributed by atoms with van der Waals surface area (Å²) in [4.78, 5) is 2.28. The summed E-state index contributed by atoms with van der Waals surface area (Å²) >= 11 is 0. The molecule has 3 nitrogen and oxygen atoms in total. The molecule has 6 aromatic rings. The molecule has 0 amide bonds. The Bertz CT molecular complexity index is 1740. The second kappa shape index (κ2) is 12.1. The van der Waals surface area contributed by atoms with Crippen LogP contribution < -0.4 is 4.90 Å². The van der Waals surface area contributed by atoms with E-state index in [9.17, 15) is 10.2 Å². The van der Waals surface area contributed by atoms with Crippen molar-refractivity contribution in [1.82, 2.24) is 0 Å². The molecular weight excluding hydrogens is 526 g/mol. The van der Waals surface area contributed by atoms with E-state index in [2.05, 4.69) is 122 Å². The Kier molecular flexibility index (Phi) is 7.80. The maximum absolute atomic E-state index is 9.80. The Labute approximate surface area is 253 Å². The molecule has 0 radical (unpaired) electrons. The molecule has 0 unspecified atom stereocenters. The summed E-state index contributed by atoms with van der Waals surface area (Å²) in [5, 5.41) is 19.6. The summed E-state index contributed by atoms with van der Waals surface area (Å²) in [5.41, 5.74) is 12.1. The van der Waals surface area contributed by atoms with E-state index >= 15 is 0 Å². The number of anilines is 3. The molecule has 0 aliphatic carbocycles. The average molecular weight is 560 g/mol. The molecule has 0 fully saturated rings. The normalized spacial score (nSPS) is 10.7. The minimum Gasteiger partial charge on any atom is -0.508 e. The number of nitrogens with zero attached hydrogens (tertiary/aromatic N) is 1. The molecule has 0 heterocycles. The van der Waals surface area contributed by atoms with Crippen molar-refractivity contribution < 1.29 is 10.2 Å². The van der Waals surface area contributed by atoms with E-state index < -0.39 is 0 Å². The van der Waals surface area contributed by atoms with Crippen LogP contribution in [0.1, 0.15) is 27.8 Å². The van der Waals surface area contributed by atoms with Crippen LogP contribution in [0.5, 0.6) is 11.5 Å². The van der Waals surface area contributed by atoms with Crippen LogP contribution in [0, 0.1) is 13.8 Å². The van der Waals surface area contributed by atoms with Gasteiger partial charge in [-0.2, -0.15) is 0 Å². The first-order chi connectivity index (χ1) is 20.9. The summed E-state index contributed by atoms with van der Waals surface area (Å²) in [6.07, 6.45) is 2.13. The summed E-state index contributed by atoms with van der Waals surface area (Å²) in [6, 6.07) is 48.9. The van der Waals surface area contributed by atoms with Crippen molar-refractivity contribution in [3.63, 3.8) is 0 Å². The number of hydrogen-bond donors (Lipinski definition) is 2. The number of phenols is 2. The third kappa shape index (κ3) is 6.37. The van der Waals surface area contributed by atoms with E-state index in [4.69, 9.17) is 0 Å². The molecule has 0 aliphatic heterocycles. The maximum Gasteiger partial charge on any atom is 0.115 e. The van der Waals surface area contributed by atoms with E-state index in [0.717, 1.165) is 50.5 Å². The Morgan fingerprint density at radius 1 is 0.442 bits per heavy atom. The predicted octanol–water partition coefficient (Wildman–Crippen LogP) is 10.4. The molecule has 6 aromatic carbocycles. The topological polar surface area (TPSA) is 43.7 Å². The monoisotopic (exact) mass is 559 g/mol. The van der Waals surface area contributed by atoms with Crippen LogP contribution in [0.3, 0.4) is 0 Å². The van der Waals surface area contributed by atoms with Crippen LogP contribution in [-0.2, 0) is 0 Å². The summed E-state index contributed by atoms with van der Waals surface area (Å²) in [7, 11) is 0. The van der Waals surface area contributed by atoms with Crippen molar-refractivity contribution in [2.24, 2.45) is 0 Å². The molecule has 0 aliphatic rings. The first-order valence-electron chi connectivity index (χ1n) is 14.4. The molecule has 0 bridgehead atoms. The lowest BCUT2D eigenvalue weighted by molar-refractivity contribution is 0.475. The van der Waals surface area contributed by atoms with E-state index in [1.54, 1.807) is 24.3 Å². The van der Waals surface area contributed by atoms with Gasteiger partial charge < -0.3 is 15.1 Å². The molecule has 0 saturated heterocycles. The molecule has 3 heteroatoms. The Hall–Kier alpha value is -5.54. The first-order valence-corrected chi connectivity index (χ1v) is 14.4. The van der Waals surface area contributed by atoms with E-state index in [1.165, 1.54) is 11.1 Å². The number of aromatic hydroxyl groups is 2. The van der Waals surface area contributed by atoms with Gasteiger partial charge in [0, 0.05) is 17.1 Å². The van der Waals surface area contributed by atoms with Gasteiger partial charge in [-0.1, -0.05) is 96.1 Å². The van der Waals surface area contributed by atoms with Crippen molar-refractivity contribution in [1.29, 1.82) is 0 Å². The van der Waals surface area contributed by atoms with Crippen LogP contribution in [0.2, 0.25) is 0 Å². The van der Waals surface area contributed by atoms with Gasteiger partial charge >= 0.3 is 0 Å². The van der Waals surface area contributed by atoms with Crippen LogP contribution >= 0.6 is 0 Å². The minimum absolute atomic E-state index is 0.227. The zero-order valence-electron chi connectivity index (χ0n) is 24.3. The highest BCUT2D eigenvalue weighted by molar-refractivity contribution is 5.92. The van der Waals surface area contributed by atoms with Gasteiger partial charge in [-0.15, -0.1) is 0 Å². The Morgan fingerprint density at radius 2 is 0.791 bits per heavy atom. The van der Waals surface area contributed by atoms with Gasteiger partial charge in [-0.05, 0) is 114 Å². The van der Waals surface area contributed by atoms with Gasteiger partial charge in [0.05, 0.1) is 0 Å². The molecule has 210 valence electrons. The highest BCUT2D eigenvalue weighted by atomic mass is 16.3. The zero-order chi connectivity index (χ0) is 29.8. The summed E-state index contributed by atoms with van der Waals surface area (Å²) < 4.78 is 0. The van der Waals surface area contributed by atoms with Gasteiger partial charge in [0.15, 0.2) is 0 Å². The highest BCUT2D eigenvalue weighted by Gasteiger charge is 2.13. The molecule has 2 N–H and O–H groups in total. The standard InChI is InChI=1S/C40H33NO2/c1-28-3-17-35(18-4-28)41(36-19-5-29(2)6-20-36)37-21-11-32(12-22-37)31-9-7-30(8-10-31)27-40(33-13-23-38(42)24-14-33)34-15-25-39(43)26-16-34/h3-27,42-43H,1-2H3. The fraction of sp³-hybridized carbons (Fsp3) is 0.0500. The first kappa shape index (κ1) is 27.6.